The maximum Gasteiger partial charge on any atom is 0.236 e. The second-order valence-corrected chi connectivity index (χ2v) is 7.81. The third-order valence-electron chi connectivity index (χ3n) is 4.76. The summed E-state index contributed by atoms with van der Waals surface area (Å²) in [6.07, 6.45) is -0.0716. The molecule has 28 heavy (non-hydrogen) atoms. The number of ether oxygens (including phenoxy) is 1. The summed E-state index contributed by atoms with van der Waals surface area (Å²) in [5.41, 5.74) is 1.12. The van der Waals surface area contributed by atoms with Gasteiger partial charge in [0.2, 0.25) is 5.91 Å². The Morgan fingerprint density at radius 2 is 1.89 bits per heavy atom. The summed E-state index contributed by atoms with van der Waals surface area (Å²) in [6.45, 7) is 7.49. The molecule has 1 aromatic carbocycles. The fourth-order valence-electron chi connectivity index (χ4n) is 3.49. The number of benzene rings is 1. The first-order valence-electron chi connectivity index (χ1n) is 9.87. The number of rotatable bonds is 8. The number of carbonyl (C=O) groups is 1. The highest BCUT2D eigenvalue weighted by Crippen LogP contribution is 2.16. The first-order chi connectivity index (χ1) is 13.5. The van der Waals surface area contributed by atoms with Crippen LogP contribution in [0.4, 0.5) is 0 Å². The van der Waals surface area contributed by atoms with Gasteiger partial charge >= 0.3 is 0 Å². The van der Waals surface area contributed by atoms with E-state index in [1.54, 1.807) is 6.07 Å². The van der Waals surface area contributed by atoms with Crippen LogP contribution in [0.25, 0.3) is 0 Å². The molecule has 0 aliphatic carbocycles. The van der Waals surface area contributed by atoms with Crippen LogP contribution in [0.15, 0.2) is 46.9 Å². The molecule has 0 bridgehead atoms. The van der Waals surface area contributed by atoms with Crippen LogP contribution in [-0.4, -0.2) is 53.1 Å². The standard InChI is InChI=1S/C22H30N2O4/c1-17(2)10-24-13-21(27-16-18-6-4-3-5-7-18)12-23(14-22(24)26)11-19-8-9-20(15-25)28-19/h3-9,17,21,25H,10-16H2,1-2H3. The molecule has 1 unspecified atom stereocenters. The molecule has 6 heteroatoms. The number of aliphatic hydroxyl groups is 1. The summed E-state index contributed by atoms with van der Waals surface area (Å²) in [5, 5.41) is 9.19. The molecule has 1 saturated heterocycles. The van der Waals surface area contributed by atoms with Crippen LogP contribution < -0.4 is 0 Å². The van der Waals surface area contributed by atoms with Crippen LogP contribution in [0, 0.1) is 5.92 Å². The molecule has 6 nitrogen and oxygen atoms in total. The molecule has 2 aromatic rings. The maximum atomic E-state index is 12.8. The average molecular weight is 386 g/mol. The average Bonchev–Trinajstić information content (AvgIpc) is 3.07. The van der Waals surface area contributed by atoms with Gasteiger partial charge in [-0.3, -0.25) is 9.69 Å². The monoisotopic (exact) mass is 386 g/mol. The highest BCUT2D eigenvalue weighted by atomic mass is 16.5. The Hall–Kier alpha value is -2.15. The van der Waals surface area contributed by atoms with Crippen molar-refractivity contribution in [3.8, 4) is 0 Å². The predicted molar refractivity (Wildman–Crippen MR) is 106 cm³/mol. The zero-order valence-electron chi connectivity index (χ0n) is 16.7. The molecule has 0 saturated carbocycles. The summed E-state index contributed by atoms with van der Waals surface area (Å²) in [6, 6.07) is 13.7. The van der Waals surface area contributed by atoms with Crippen molar-refractivity contribution in [2.75, 3.05) is 26.2 Å². The minimum absolute atomic E-state index is 0.0716. The molecule has 1 fully saturated rings. The molecule has 3 rings (SSSR count). The molecule has 2 heterocycles. The van der Waals surface area contributed by atoms with Crippen molar-refractivity contribution in [2.45, 2.75) is 39.7 Å². The van der Waals surface area contributed by atoms with Crippen LogP contribution in [0.5, 0.6) is 0 Å². The SMILES string of the molecule is CC(C)CN1CC(OCc2ccccc2)CN(Cc2ccc(CO)o2)CC1=O. The van der Waals surface area contributed by atoms with Crippen molar-refractivity contribution in [2.24, 2.45) is 5.92 Å². The van der Waals surface area contributed by atoms with Gasteiger partial charge in [-0.15, -0.1) is 0 Å². The smallest absolute Gasteiger partial charge is 0.236 e. The summed E-state index contributed by atoms with van der Waals surface area (Å²) in [4.78, 5) is 16.8. The third kappa shape index (κ3) is 5.92. The van der Waals surface area contributed by atoms with E-state index in [1.807, 2.05) is 41.3 Å². The van der Waals surface area contributed by atoms with Crippen LogP contribution in [0.1, 0.15) is 30.9 Å². The highest BCUT2D eigenvalue weighted by molar-refractivity contribution is 5.78. The Morgan fingerprint density at radius 1 is 1.14 bits per heavy atom. The topological polar surface area (TPSA) is 66.2 Å². The van der Waals surface area contributed by atoms with Gasteiger partial charge in [-0.25, -0.2) is 0 Å². The van der Waals surface area contributed by atoms with E-state index >= 15 is 0 Å². The number of aliphatic hydroxyl groups excluding tert-OH is 1. The van der Waals surface area contributed by atoms with Gasteiger partial charge in [0.1, 0.15) is 18.1 Å². The van der Waals surface area contributed by atoms with Gasteiger partial charge in [0.15, 0.2) is 0 Å². The van der Waals surface area contributed by atoms with Gasteiger partial charge in [-0.2, -0.15) is 0 Å². The quantitative estimate of drug-likeness (QED) is 0.756. The van der Waals surface area contributed by atoms with E-state index in [0.29, 0.717) is 44.5 Å². The summed E-state index contributed by atoms with van der Waals surface area (Å²) < 4.78 is 11.8. The first-order valence-corrected chi connectivity index (χ1v) is 9.87. The van der Waals surface area contributed by atoms with E-state index in [4.69, 9.17) is 9.15 Å². The fourth-order valence-corrected chi connectivity index (χ4v) is 3.49. The zero-order valence-corrected chi connectivity index (χ0v) is 16.7. The van der Waals surface area contributed by atoms with Crippen molar-refractivity contribution in [3.05, 3.63) is 59.5 Å². The Kier molecular flexibility index (Phi) is 7.25. The van der Waals surface area contributed by atoms with Crippen molar-refractivity contribution in [1.82, 2.24) is 9.80 Å². The van der Waals surface area contributed by atoms with Gasteiger partial charge in [-0.05, 0) is 23.6 Å². The van der Waals surface area contributed by atoms with E-state index in [-0.39, 0.29) is 18.6 Å². The Morgan fingerprint density at radius 3 is 2.57 bits per heavy atom. The number of furan rings is 1. The molecular weight excluding hydrogens is 356 g/mol. The van der Waals surface area contributed by atoms with Crippen molar-refractivity contribution < 1.29 is 19.1 Å². The fraction of sp³-hybridized carbons (Fsp3) is 0.500. The molecule has 1 aliphatic rings. The zero-order chi connectivity index (χ0) is 19.9. The van der Waals surface area contributed by atoms with E-state index in [0.717, 1.165) is 17.9 Å². The lowest BCUT2D eigenvalue weighted by molar-refractivity contribution is -0.132. The second kappa shape index (κ2) is 9.87. The molecule has 1 aliphatic heterocycles. The summed E-state index contributed by atoms with van der Waals surface area (Å²) in [7, 11) is 0. The minimum Gasteiger partial charge on any atom is -0.462 e. The summed E-state index contributed by atoms with van der Waals surface area (Å²) in [5.74, 6) is 1.81. The Bertz CT molecular complexity index is 744. The van der Waals surface area contributed by atoms with E-state index in [9.17, 15) is 9.90 Å². The van der Waals surface area contributed by atoms with Gasteiger partial charge in [0.05, 0.1) is 25.8 Å². The van der Waals surface area contributed by atoms with Crippen LogP contribution >= 0.6 is 0 Å². The van der Waals surface area contributed by atoms with Gasteiger partial charge in [0.25, 0.3) is 0 Å². The van der Waals surface area contributed by atoms with Gasteiger partial charge in [0, 0.05) is 19.6 Å². The number of nitrogens with zero attached hydrogens (tertiary/aromatic N) is 2. The normalized spacial score (nSPS) is 18.6. The molecule has 1 aromatic heterocycles. The minimum atomic E-state index is -0.121. The van der Waals surface area contributed by atoms with E-state index < -0.39 is 0 Å². The van der Waals surface area contributed by atoms with Gasteiger partial charge in [-0.1, -0.05) is 44.2 Å². The molecule has 152 valence electrons. The maximum absolute atomic E-state index is 12.8. The predicted octanol–water partition coefficient (Wildman–Crippen LogP) is 2.66. The van der Waals surface area contributed by atoms with Crippen molar-refractivity contribution >= 4 is 5.91 Å². The summed E-state index contributed by atoms with van der Waals surface area (Å²) >= 11 is 0. The number of amides is 1. The van der Waals surface area contributed by atoms with E-state index in [2.05, 4.69) is 18.7 Å². The lowest BCUT2D eigenvalue weighted by Crippen LogP contribution is -2.40. The molecule has 0 radical (unpaired) electrons. The Labute approximate surface area is 166 Å². The molecule has 1 N–H and O–H groups in total. The lowest BCUT2D eigenvalue weighted by Gasteiger charge is -2.26. The van der Waals surface area contributed by atoms with E-state index in [1.165, 1.54) is 0 Å². The Balaban J connectivity index is 1.68. The first kappa shape index (κ1) is 20.6. The largest absolute Gasteiger partial charge is 0.462 e. The molecule has 1 amide bonds. The van der Waals surface area contributed by atoms with Crippen molar-refractivity contribution in [1.29, 1.82) is 0 Å². The molecule has 1 atom stereocenters. The van der Waals surface area contributed by atoms with Crippen molar-refractivity contribution in [3.63, 3.8) is 0 Å². The third-order valence-corrected chi connectivity index (χ3v) is 4.76. The number of hydrogen-bond acceptors (Lipinski definition) is 5. The molecule has 0 spiro atoms. The number of hydrogen-bond donors (Lipinski definition) is 1. The number of carbonyl (C=O) groups excluding carboxylic acids is 1. The van der Waals surface area contributed by atoms with Crippen LogP contribution in [0.2, 0.25) is 0 Å². The lowest BCUT2D eigenvalue weighted by atomic mass is 10.2. The van der Waals surface area contributed by atoms with Crippen LogP contribution in [0.3, 0.4) is 0 Å². The highest BCUT2D eigenvalue weighted by Gasteiger charge is 2.29. The van der Waals surface area contributed by atoms with Gasteiger partial charge < -0.3 is 19.2 Å². The molecular formula is C22H30N2O4. The van der Waals surface area contributed by atoms with Crippen LogP contribution in [-0.2, 0) is 29.3 Å². The second-order valence-electron chi connectivity index (χ2n) is 7.81.